The second-order valence-electron chi connectivity index (χ2n) is 5.71. The first kappa shape index (κ1) is 16.5. The summed E-state index contributed by atoms with van der Waals surface area (Å²) in [7, 11) is -3.71. The number of benzene rings is 1. The summed E-state index contributed by atoms with van der Waals surface area (Å²) in [4.78, 5) is -1.23. The molecule has 1 fully saturated rings. The van der Waals surface area contributed by atoms with Crippen LogP contribution in [0.3, 0.4) is 0 Å². The number of aryl methyl sites for hydroxylation is 1. The number of sulfone groups is 1. The van der Waals surface area contributed by atoms with Gasteiger partial charge in [0.05, 0.1) is 4.90 Å². The lowest BCUT2D eigenvalue weighted by molar-refractivity contribution is 0.111. The molecule has 0 spiro atoms. The standard InChI is InChI=1S/C16H24O4S/c1-4-6-7-15-16(20-15,14(17)5-2)21(18,19)13-10-8-12(3)9-11-13/h8-11,14-15,17H,4-7H2,1-3H3/t14-,15-,16+/m0/s1. The summed E-state index contributed by atoms with van der Waals surface area (Å²) >= 11 is 0. The third-order valence-electron chi connectivity index (χ3n) is 4.14. The van der Waals surface area contributed by atoms with Gasteiger partial charge in [-0.25, -0.2) is 8.42 Å². The van der Waals surface area contributed by atoms with Gasteiger partial charge >= 0.3 is 0 Å². The largest absolute Gasteiger partial charge is 0.389 e. The molecular formula is C16H24O4S. The molecule has 1 aromatic carbocycles. The van der Waals surface area contributed by atoms with E-state index in [1.165, 1.54) is 0 Å². The molecule has 118 valence electrons. The Morgan fingerprint density at radius 1 is 1.29 bits per heavy atom. The molecule has 1 N–H and O–H groups in total. The zero-order chi connectivity index (χ0) is 15.7. The van der Waals surface area contributed by atoms with Crippen LogP contribution in [0.2, 0.25) is 0 Å². The fourth-order valence-corrected chi connectivity index (χ4v) is 4.83. The fourth-order valence-electron chi connectivity index (χ4n) is 2.73. The molecule has 1 aliphatic heterocycles. The van der Waals surface area contributed by atoms with Gasteiger partial charge in [-0.15, -0.1) is 0 Å². The van der Waals surface area contributed by atoms with Crippen molar-refractivity contribution in [2.75, 3.05) is 0 Å². The SMILES string of the molecule is CCCC[C@@H]1O[C@]1([C@@H](O)CC)S(=O)(=O)c1ccc(C)cc1. The topological polar surface area (TPSA) is 66.9 Å². The van der Waals surface area contributed by atoms with E-state index in [4.69, 9.17) is 4.74 Å². The molecule has 3 atom stereocenters. The quantitative estimate of drug-likeness (QED) is 0.786. The van der Waals surface area contributed by atoms with E-state index in [2.05, 4.69) is 6.92 Å². The Morgan fingerprint density at radius 3 is 2.43 bits per heavy atom. The fraction of sp³-hybridized carbons (Fsp3) is 0.625. The van der Waals surface area contributed by atoms with Gasteiger partial charge in [0.25, 0.3) is 0 Å². The van der Waals surface area contributed by atoms with Crippen molar-refractivity contribution in [3.05, 3.63) is 29.8 Å². The van der Waals surface area contributed by atoms with E-state index in [-0.39, 0.29) is 4.90 Å². The minimum atomic E-state index is -3.71. The van der Waals surface area contributed by atoms with Gasteiger partial charge in [-0.3, -0.25) is 0 Å². The van der Waals surface area contributed by atoms with Crippen LogP contribution in [-0.4, -0.2) is 30.7 Å². The van der Waals surface area contributed by atoms with Crippen LogP contribution in [0.1, 0.15) is 45.1 Å². The monoisotopic (exact) mass is 312 g/mol. The number of unbranched alkanes of at least 4 members (excludes halogenated alkanes) is 1. The van der Waals surface area contributed by atoms with E-state index in [0.717, 1.165) is 18.4 Å². The number of rotatable bonds is 7. The molecule has 0 bridgehead atoms. The summed E-state index contributed by atoms with van der Waals surface area (Å²) in [6, 6.07) is 6.71. The maximum Gasteiger partial charge on any atom is 0.225 e. The van der Waals surface area contributed by atoms with E-state index in [9.17, 15) is 13.5 Å². The van der Waals surface area contributed by atoms with Gasteiger partial charge < -0.3 is 9.84 Å². The first-order chi connectivity index (χ1) is 9.90. The van der Waals surface area contributed by atoms with Crippen LogP contribution in [0.15, 0.2) is 29.2 Å². The molecular weight excluding hydrogens is 288 g/mol. The predicted molar refractivity (Wildman–Crippen MR) is 81.8 cm³/mol. The van der Waals surface area contributed by atoms with Crippen molar-refractivity contribution < 1.29 is 18.3 Å². The predicted octanol–water partition coefficient (Wildman–Crippen LogP) is 2.82. The van der Waals surface area contributed by atoms with Crippen LogP contribution in [-0.2, 0) is 14.6 Å². The van der Waals surface area contributed by atoms with E-state index in [0.29, 0.717) is 12.8 Å². The Morgan fingerprint density at radius 2 is 1.90 bits per heavy atom. The molecule has 0 aromatic heterocycles. The summed E-state index contributed by atoms with van der Waals surface area (Å²) in [6.07, 6.45) is 1.49. The third kappa shape index (κ3) is 2.74. The molecule has 0 aliphatic carbocycles. The van der Waals surface area contributed by atoms with Gasteiger partial charge in [0.1, 0.15) is 12.2 Å². The van der Waals surface area contributed by atoms with Gasteiger partial charge in [-0.2, -0.15) is 0 Å². The highest BCUT2D eigenvalue weighted by molar-refractivity contribution is 7.93. The van der Waals surface area contributed by atoms with Crippen molar-refractivity contribution in [1.29, 1.82) is 0 Å². The Kier molecular flexibility index (Phi) is 4.76. The first-order valence-electron chi connectivity index (χ1n) is 7.57. The van der Waals surface area contributed by atoms with Crippen molar-refractivity contribution in [2.45, 2.75) is 68.5 Å². The minimum Gasteiger partial charge on any atom is -0.389 e. The van der Waals surface area contributed by atoms with Crippen molar-refractivity contribution in [3.8, 4) is 0 Å². The second kappa shape index (κ2) is 6.07. The van der Waals surface area contributed by atoms with Gasteiger partial charge in [0.15, 0.2) is 0 Å². The number of aliphatic hydroxyl groups excluding tert-OH is 1. The molecule has 0 unspecified atom stereocenters. The Labute approximate surface area is 127 Å². The van der Waals surface area contributed by atoms with Crippen molar-refractivity contribution in [3.63, 3.8) is 0 Å². The molecule has 0 radical (unpaired) electrons. The number of epoxide rings is 1. The molecule has 2 rings (SSSR count). The van der Waals surface area contributed by atoms with Gasteiger partial charge in [-0.05, 0) is 31.9 Å². The number of aliphatic hydroxyl groups is 1. The Balaban J connectivity index is 2.36. The zero-order valence-electron chi connectivity index (χ0n) is 12.9. The lowest BCUT2D eigenvalue weighted by atomic mass is 10.1. The average molecular weight is 312 g/mol. The highest BCUT2D eigenvalue weighted by Crippen LogP contribution is 2.50. The summed E-state index contributed by atoms with van der Waals surface area (Å²) in [5.74, 6) is 0. The number of hydrogen-bond acceptors (Lipinski definition) is 4. The van der Waals surface area contributed by atoms with E-state index >= 15 is 0 Å². The summed E-state index contributed by atoms with van der Waals surface area (Å²) < 4.78 is 31.4. The van der Waals surface area contributed by atoms with E-state index < -0.39 is 27.0 Å². The van der Waals surface area contributed by atoms with Crippen molar-refractivity contribution in [1.82, 2.24) is 0 Å². The average Bonchev–Trinajstić information content (AvgIpc) is 3.21. The smallest absolute Gasteiger partial charge is 0.225 e. The highest BCUT2D eigenvalue weighted by Gasteiger charge is 2.69. The number of hydrogen-bond donors (Lipinski definition) is 1. The highest BCUT2D eigenvalue weighted by atomic mass is 32.2. The maximum atomic E-state index is 12.9. The van der Waals surface area contributed by atoms with Crippen molar-refractivity contribution >= 4 is 9.84 Å². The summed E-state index contributed by atoms with van der Waals surface area (Å²) in [5.41, 5.74) is 0.998. The molecule has 4 nitrogen and oxygen atoms in total. The molecule has 1 saturated heterocycles. The normalized spacial score (nSPS) is 26.6. The first-order valence-corrected chi connectivity index (χ1v) is 9.05. The molecule has 5 heteroatoms. The molecule has 1 heterocycles. The third-order valence-corrected chi connectivity index (χ3v) is 6.50. The summed E-state index contributed by atoms with van der Waals surface area (Å²) in [6.45, 7) is 5.73. The van der Waals surface area contributed by atoms with E-state index in [1.807, 2.05) is 6.92 Å². The van der Waals surface area contributed by atoms with Gasteiger partial charge in [0, 0.05) is 0 Å². The lowest BCUT2D eigenvalue weighted by Gasteiger charge is -2.19. The molecule has 1 aromatic rings. The second-order valence-corrected chi connectivity index (χ2v) is 7.83. The zero-order valence-corrected chi connectivity index (χ0v) is 13.7. The Bertz CT molecular complexity index is 579. The van der Waals surface area contributed by atoms with E-state index in [1.54, 1.807) is 31.2 Å². The molecule has 0 amide bonds. The van der Waals surface area contributed by atoms with Crippen LogP contribution in [0.25, 0.3) is 0 Å². The molecule has 1 aliphatic rings. The van der Waals surface area contributed by atoms with Crippen LogP contribution >= 0.6 is 0 Å². The van der Waals surface area contributed by atoms with Crippen LogP contribution in [0.4, 0.5) is 0 Å². The van der Waals surface area contributed by atoms with Gasteiger partial charge in [-0.1, -0.05) is 44.4 Å². The Hall–Kier alpha value is -0.910. The van der Waals surface area contributed by atoms with Crippen molar-refractivity contribution in [2.24, 2.45) is 0 Å². The number of ether oxygens (including phenoxy) is 1. The van der Waals surface area contributed by atoms with Crippen LogP contribution in [0, 0.1) is 6.92 Å². The lowest BCUT2D eigenvalue weighted by Crippen LogP contribution is -2.40. The summed E-state index contributed by atoms with van der Waals surface area (Å²) in [5, 5.41) is 10.3. The van der Waals surface area contributed by atoms with Crippen LogP contribution in [0.5, 0.6) is 0 Å². The minimum absolute atomic E-state index is 0.222. The molecule has 0 saturated carbocycles. The van der Waals surface area contributed by atoms with Gasteiger partial charge in [0.2, 0.25) is 14.8 Å². The molecule has 21 heavy (non-hydrogen) atoms. The maximum absolute atomic E-state index is 12.9. The van der Waals surface area contributed by atoms with Crippen LogP contribution < -0.4 is 0 Å².